The van der Waals surface area contributed by atoms with E-state index in [2.05, 4.69) is 14.9 Å². The summed E-state index contributed by atoms with van der Waals surface area (Å²) in [4.78, 5) is 12.2. The summed E-state index contributed by atoms with van der Waals surface area (Å²) in [6, 6.07) is 1.95. The SMILES string of the molecule is CCC(CC#N)NC(=O)c1snnc1C. The summed E-state index contributed by atoms with van der Waals surface area (Å²) in [5.74, 6) is -0.190. The lowest BCUT2D eigenvalue weighted by atomic mass is 10.1. The summed E-state index contributed by atoms with van der Waals surface area (Å²) in [7, 11) is 0. The quantitative estimate of drug-likeness (QED) is 0.835. The molecule has 1 heterocycles. The Bertz CT molecular complexity index is 382. The summed E-state index contributed by atoms with van der Waals surface area (Å²) >= 11 is 1.07. The van der Waals surface area contributed by atoms with Gasteiger partial charge in [0.15, 0.2) is 0 Å². The van der Waals surface area contributed by atoms with Gasteiger partial charge in [0, 0.05) is 6.04 Å². The average molecular weight is 224 g/mol. The number of carbonyl (C=O) groups excluding carboxylic acids is 1. The Balaban J connectivity index is 2.63. The molecule has 0 saturated carbocycles. The maximum atomic E-state index is 11.7. The van der Waals surface area contributed by atoms with Crippen molar-refractivity contribution in [2.45, 2.75) is 32.7 Å². The lowest BCUT2D eigenvalue weighted by molar-refractivity contribution is 0.0940. The number of rotatable bonds is 4. The number of hydrogen-bond donors (Lipinski definition) is 1. The minimum absolute atomic E-state index is 0.0935. The van der Waals surface area contributed by atoms with Gasteiger partial charge in [-0.25, -0.2) is 0 Å². The minimum Gasteiger partial charge on any atom is -0.347 e. The molecule has 5 nitrogen and oxygen atoms in total. The minimum atomic E-state index is -0.190. The monoisotopic (exact) mass is 224 g/mol. The number of nitrogens with zero attached hydrogens (tertiary/aromatic N) is 3. The molecular weight excluding hydrogens is 212 g/mol. The van der Waals surface area contributed by atoms with Crippen LogP contribution in [0, 0.1) is 18.3 Å². The smallest absolute Gasteiger partial charge is 0.265 e. The van der Waals surface area contributed by atoms with Gasteiger partial charge in [0.25, 0.3) is 5.91 Å². The van der Waals surface area contributed by atoms with E-state index in [1.54, 1.807) is 6.92 Å². The average Bonchev–Trinajstić information content (AvgIpc) is 2.63. The van der Waals surface area contributed by atoms with E-state index in [0.29, 0.717) is 17.0 Å². The summed E-state index contributed by atoms with van der Waals surface area (Å²) in [5, 5.41) is 15.1. The van der Waals surface area contributed by atoms with E-state index in [1.165, 1.54) is 0 Å². The Hall–Kier alpha value is -1.48. The van der Waals surface area contributed by atoms with E-state index in [-0.39, 0.29) is 11.9 Å². The molecule has 1 aromatic heterocycles. The molecule has 0 fully saturated rings. The highest BCUT2D eigenvalue weighted by molar-refractivity contribution is 7.07. The molecule has 0 aliphatic rings. The first-order valence-electron chi connectivity index (χ1n) is 4.65. The van der Waals surface area contributed by atoms with Gasteiger partial charge in [-0.05, 0) is 24.9 Å². The first-order chi connectivity index (χ1) is 7.19. The number of nitrogens with one attached hydrogen (secondary N) is 1. The lowest BCUT2D eigenvalue weighted by Crippen LogP contribution is -2.33. The second-order valence-corrected chi connectivity index (χ2v) is 3.88. The molecule has 1 unspecified atom stereocenters. The summed E-state index contributed by atoms with van der Waals surface area (Å²) in [6.45, 7) is 3.67. The molecule has 0 aromatic carbocycles. The second-order valence-electron chi connectivity index (χ2n) is 3.13. The summed E-state index contributed by atoms with van der Waals surface area (Å²) in [5.41, 5.74) is 0.629. The molecule has 1 N–H and O–H groups in total. The summed E-state index contributed by atoms with van der Waals surface area (Å²) in [6.07, 6.45) is 1.07. The van der Waals surface area contributed by atoms with Crippen LogP contribution in [0.25, 0.3) is 0 Å². The maximum absolute atomic E-state index is 11.7. The lowest BCUT2D eigenvalue weighted by Gasteiger charge is -2.12. The fraction of sp³-hybridized carbons (Fsp3) is 0.556. The molecule has 0 spiro atoms. The molecule has 15 heavy (non-hydrogen) atoms. The van der Waals surface area contributed by atoms with Crippen LogP contribution in [0.3, 0.4) is 0 Å². The fourth-order valence-electron chi connectivity index (χ4n) is 1.10. The number of aromatic nitrogens is 2. The van der Waals surface area contributed by atoms with E-state index in [1.807, 2.05) is 13.0 Å². The molecule has 80 valence electrons. The number of amides is 1. The molecule has 1 amide bonds. The topological polar surface area (TPSA) is 78.7 Å². The Kier molecular flexibility index (Phi) is 4.18. The maximum Gasteiger partial charge on any atom is 0.265 e. The van der Waals surface area contributed by atoms with Crippen LogP contribution in [-0.4, -0.2) is 21.5 Å². The van der Waals surface area contributed by atoms with Gasteiger partial charge in [0.2, 0.25) is 0 Å². The highest BCUT2D eigenvalue weighted by Crippen LogP contribution is 2.09. The Morgan fingerprint density at radius 1 is 1.73 bits per heavy atom. The van der Waals surface area contributed by atoms with Gasteiger partial charge in [-0.15, -0.1) is 5.10 Å². The zero-order valence-corrected chi connectivity index (χ0v) is 9.47. The van der Waals surface area contributed by atoms with E-state index >= 15 is 0 Å². The number of nitriles is 1. The van der Waals surface area contributed by atoms with Crippen molar-refractivity contribution in [1.29, 1.82) is 5.26 Å². The van der Waals surface area contributed by atoms with E-state index in [4.69, 9.17) is 5.26 Å². The van der Waals surface area contributed by atoms with Crippen molar-refractivity contribution < 1.29 is 4.79 Å². The van der Waals surface area contributed by atoms with Crippen LogP contribution >= 0.6 is 11.5 Å². The van der Waals surface area contributed by atoms with Crippen LogP contribution in [0.4, 0.5) is 0 Å². The van der Waals surface area contributed by atoms with E-state index in [0.717, 1.165) is 18.0 Å². The van der Waals surface area contributed by atoms with Crippen molar-refractivity contribution in [3.05, 3.63) is 10.6 Å². The van der Waals surface area contributed by atoms with Crippen molar-refractivity contribution in [3.8, 4) is 6.07 Å². The predicted octanol–water partition coefficient (Wildman–Crippen LogP) is 1.27. The molecule has 1 aromatic rings. The third kappa shape index (κ3) is 2.99. The van der Waals surface area contributed by atoms with Crippen LogP contribution in [-0.2, 0) is 0 Å². The predicted molar refractivity (Wildman–Crippen MR) is 56.4 cm³/mol. The first-order valence-corrected chi connectivity index (χ1v) is 5.43. The standard InChI is InChI=1S/C9H12N4OS/c1-3-7(4-5-10)11-9(14)8-6(2)12-13-15-8/h7H,3-4H2,1-2H3,(H,11,14). The third-order valence-electron chi connectivity index (χ3n) is 2.02. The molecule has 0 saturated heterocycles. The highest BCUT2D eigenvalue weighted by Gasteiger charge is 2.16. The van der Waals surface area contributed by atoms with Crippen LogP contribution in [0.15, 0.2) is 0 Å². The van der Waals surface area contributed by atoms with Gasteiger partial charge in [-0.2, -0.15) is 5.26 Å². The van der Waals surface area contributed by atoms with Gasteiger partial charge in [-0.3, -0.25) is 4.79 Å². The van der Waals surface area contributed by atoms with Crippen molar-refractivity contribution in [1.82, 2.24) is 14.9 Å². The normalized spacial score (nSPS) is 11.8. The fourth-order valence-corrected chi connectivity index (χ4v) is 1.66. The van der Waals surface area contributed by atoms with Gasteiger partial charge in [0.1, 0.15) is 4.88 Å². The van der Waals surface area contributed by atoms with Crippen molar-refractivity contribution in [2.75, 3.05) is 0 Å². The number of aryl methyl sites for hydroxylation is 1. The van der Waals surface area contributed by atoms with Crippen LogP contribution in [0.2, 0.25) is 0 Å². The second kappa shape index (κ2) is 5.41. The van der Waals surface area contributed by atoms with Crippen LogP contribution in [0.1, 0.15) is 35.1 Å². The molecule has 0 bridgehead atoms. The van der Waals surface area contributed by atoms with Crippen LogP contribution in [0.5, 0.6) is 0 Å². The van der Waals surface area contributed by atoms with Crippen molar-refractivity contribution in [2.24, 2.45) is 0 Å². The summed E-state index contributed by atoms with van der Waals surface area (Å²) < 4.78 is 3.69. The van der Waals surface area contributed by atoms with Gasteiger partial charge in [-0.1, -0.05) is 11.4 Å². The van der Waals surface area contributed by atoms with Gasteiger partial charge >= 0.3 is 0 Å². The van der Waals surface area contributed by atoms with Crippen LogP contribution < -0.4 is 5.32 Å². The number of hydrogen-bond acceptors (Lipinski definition) is 5. The zero-order chi connectivity index (χ0) is 11.3. The molecule has 1 atom stereocenters. The van der Waals surface area contributed by atoms with Gasteiger partial charge in [0.05, 0.1) is 18.2 Å². The molecular formula is C9H12N4OS. The largest absolute Gasteiger partial charge is 0.347 e. The molecule has 6 heteroatoms. The Morgan fingerprint density at radius 3 is 2.93 bits per heavy atom. The molecule has 1 rings (SSSR count). The third-order valence-corrected chi connectivity index (χ3v) is 2.85. The molecule has 0 aliphatic carbocycles. The van der Waals surface area contributed by atoms with E-state index < -0.39 is 0 Å². The van der Waals surface area contributed by atoms with Crippen molar-refractivity contribution in [3.63, 3.8) is 0 Å². The van der Waals surface area contributed by atoms with Crippen molar-refractivity contribution >= 4 is 17.4 Å². The Morgan fingerprint density at radius 2 is 2.47 bits per heavy atom. The zero-order valence-electron chi connectivity index (χ0n) is 8.65. The first kappa shape index (κ1) is 11.6. The van der Waals surface area contributed by atoms with Gasteiger partial charge < -0.3 is 5.32 Å². The Labute approximate surface area is 92.3 Å². The molecule has 0 radical (unpaired) electrons. The highest BCUT2D eigenvalue weighted by atomic mass is 32.1. The van der Waals surface area contributed by atoms with E-state index in [9.17, 15) is 4.79 Å². The number of carbonyl (C=O) groups is 1. The molecule has 0 aliphatic heterocycles.